The number of nitrogens with one attached hydrogen (secondary N) is 1. The van der Waals surface area contributed by atoms with Gasteiger partial charge in [0.05, 0.1) is 11.7 Å². The molecule has 0 aliphatic carbocycles. The highest BCUT2D eigenvalue weighted by Crippen LogP contribution is 2.55. The molecule has 1 aromatic carbocycles. The van der Waals surface area contributed by atoms with Crippen molar-refractivity contribution >= 4 is 5.91 Å². The van der Waals surface area contributed by atoms with Gasteiger partial charge in [-0.15, -0.1) is 0 Å². The van der Waals surface area contributed by atoms with Gasteiger partial charge in [-0.3, -0.25) is 9.69 Å². The quantitative estimate of drug-likeness (QED) is 0.878. The van der Waals surface area contributed by atoms with Gasteiger partial charge in [-0.1, -0.05) is 0 Å². The van der Waals surface area contributed by atoms with Crippen molar-refractivity contribution in [2.45, 2.75) is 43.4 Å². The van der Waals surface area contributed by atoms with Crippen molar-refractivity contribution in [2.24, 2.45) is 11.8 Å². The first-order valence-electron chi connectivity index (χ1n) is 10.2. The van der Waals surface area contributed by atoms with E-state index in [9.17, 15) is 9.18 Å². The zero-order valence-electron chi connectivity index (χ0n) is 15.5. The zero-order chi connectivity index (χ0) is 18.4. The highest BCUT2D eigenvalue weighted by molar-refractivity contribution is 5.94. The first-order chi connectivity index (χ1) is 13.1. The smallest absolute Gasteiger partial charge is 0.251 e. The molecule has 0 unspecified atom stereocenters. The van der Waals surface area contributed by atoms with Crippen LogP contribution in [0.25, 0.3) is 0 Å². The lowest BCUT2D eigenvalue weighted by Crippen LogP contribution is -2.41. The SMILES string of the molecule is O=C(NC[C@H]1[C@H]2CN(C3CCOCC3)C[C@]23CC[C@H]1O3)c1ccc(F)cc1. The van der Waals surface area contributed by atoms with E-state index in [2.05, 4.69) is 10.2 Å². The molecule has 27 heavy (non-hydrogen) atoms. The Morgan fingerprint density at radius 1 is 1.22 bits per heavy atom. The monoisotopic (exact) mass is 374 g/mol. The first-order valence-corrected chi connectivity index (χ1v) is 10.2. The number of amides is 1. The van der Waals surface area contributed by atoms with Crippen LogP contribution >= 0.6 is 0 Å². The number of halogens is 1. The molecule has 4 atom stereocenters. The van der Waals surface area contributed by atoms with Gasteiger partial charge in [-0.2, -0.15) is 0 Å². The van der Waals surface area contributed by atoms with E-state index in [0.29, 0.717) is 30.0 Å². The maximum absolute atomic E-state index is 13.1. The van der Waals surface area contributed by atoms with Gasteiger partial charge in [0.15, 0.2) is 0 Å². The van der Waals surface area contributed by atoms with E-state index in [1.54, 1.807) is 0 Å². The van der Waals surface area contributed by atoms with Gasteiger partial charge in [-0.25, -0.2) is 4.39 Å². The fraction of sp³-hybridized carbons (Fsp3) is 0.667. The molecule has 0 radical (unpaired) electrons. The summed E-state index contributed by atoms with van der Waals surface area (Å²) in [5.41, 5.74) is 0.499. The second kappa shape index (κ2) is 6.83. The summed E-state index contributed by atoms with van der Waals surface area (Å²) in [6.07, 6.45) is 4.72. The fourth-order valence-electron chi connectivity index (χ4n) is 5.74. The molecule has 1 aromatic rings. The van der Waals surface area contributed by atoms with Gasteiger partial charge in [0.1, 0.15) is 5.82 Å². The minimum absolute atomic E-state index is 0.00571. The number of hydrogen-bond donors (Lipinski definition) is 1. The van der Waals surface area contributed by atoms with Gasteiger partial charge >= 0.3 is 0 Å². The van der Waals surface area contributed by atoms with Crippen molar-refractivity contribution < 1.29 is 18.7 Å². The first kappa shape index (κ1) is 17.6. The summed E-state index contributed by atoms with van der Waals surface area (Å²) in [5.74, 6) is 0.404. The van der Waals surface area contributed by atoms with Crippen LogP contribution in [0.3, 0.4) is 0 Å². The minimum atomic E-state index is -0.325. The van der Waals surface area contributed by atoms with Crippen molar-refractivity contribution in [3.8, 4) is 0 Å². The predicted octanol–water partition coefficient (Wildman–Crippen LogP) is 2.21. The molecule has 5 rings (SSSR count). The summed E-state index contributed by atoms with van der Waals surface area (Å²) in [4.78, 5) is 15.0. The molecular weight excluding hydrogens is 347 g/mol. The molecule has 4 aliphatic rings. The van der Waals surface area contributed by atoms with Crippen LogP contribution < -0.4 is 5.32 Å². The van der Waals surface area contributed by atoms with Crippen molar-refractivity contribution in [3.63, 3.8) is 0 Å². The van der Waals surface area contributed by atoms with Gasteiger partial charge < -0.3 is 14.8 Å². The van der Waals surface area contributed by atoms with Crippen LogP contribution in [0.1, 0.15) is 36.0 Å². The number of likely N-dealkylation sites (tertiary alicyclic amines) is 1. The van der Waals surface area contributed by atoms with Crippen LogP contribution in [0.4, 0.5) is 4.39 Å². The van der Waals surface area contributed by atoms with E-state index >= 15 is 0 Å². The average molecular weight is 374 g/mol. The Morgan fingerprint density at radius 2 is 2.00 bits per heavy atom. The molecular formula is C21H27FN2O3. The third kappa shape index (κ3) is 3.08. The number of carbonyl (C=O) groups is 1. The summed E-state index contributed by atoms with van der Waals surface area (Å²) >= 11 is 0. The van der Waals surface area contributed by atoms with Crippen LogP contribution in [-0.4, -0.2) is 61.4 Å². The number of hydrogen-bond acceptors (Lipinski definition) is 4. The van der Waals surface area contributed by atoms with Gasteiger partial charge in [0.25, 0.3) is 5.91 Å². The number of benzene rings is 1. The van der Waals surface area contributed by atoms with E-state index < -0.39 is 0 Å². The zero-order valence-corrected chi connectivity index (χ0v) is 15.5. The molecule has 5 nitrogen and oxygen atoms in total. The van der Waals surface area contributed by atoms with E-state index in [1.165, 1.54) is 24.3 Å². The van der Waals surface area contributed by atoms with Crippen molar-refractivity contribution in [2.75, 3.05) is 32.8 Å². The van der Waals surface area contributed by atoms with Crippen LogP contribution in [0, 0.1) is 17.7 Å². The van der Waals surface area contributed by atoms with Crippen LogP contribution in [0.5, 0.6) is 0 Å². The summed E-state index contributed by atoms with van der Waals surface area (Å²) in [5, 5.41) is 3.07. The standard InChI is InChI=1S/C21H27FN2O3/c22-15-3-1-14(2-4-15)20(25)23-11-17-18-12-24(16-6-9-26-10-7-16)13-21(18)8-5-19(17)27-21/h1-4,16-19H,5-13H2,(H,23,25)/t17-,18+,19+,21+/m0/s1. The Bertz CT molecular complexity index is 706. The number of rotatable bonds is 4. The van der Waals surface area contributed by atoms with Gasteiger partial charge in [0, 0.05) is 56.3 Å². The second-order valence-corrected chi connectivity index (χ2v) is 8.52. The van der Waals surface area contributed by atoms with Gasteiger partial charge in [0.2, 0.25) is 0 Å². The fourth-order valence-corrected chi connectivity index (χ4v) is 5.74. The lowest BCUT2D eigenvalue weighted by molar-refractivity contribution is -0.0122. The molecule has 4 aliphatic heterocycles. The Hall–Kier alpha value is -1.50. The predicted molar refractivity (Wildman–Crippen MR) is 98.0 cm³/mol. The van der Waals surface area contributed by atoms with E-state index in [-0.39, 0.29) is 23.4 Å². The largest absolute Gasteiger partial charge is 0.381 e. The maximum atomic E-state index is 13.1. The van der Waals surface area contributed by atoms with Crippen molar-refractivity contribution in [1.82, 2.24) is 10.2 Å². The minimum Gasteiger partial charge on any atom is -0.381 e. The molecule has 4 heterocycles. The Balaban J connectivity index is 1.24. The Kier molecular flexibility index (Phi) is 4.45. The molecule has 1 spiro atoms. The summed E-state index contributed by atoms with van der Waals surface area (Å²) in [6, 6.07) is 6.33. The Morgan fingerprint density at radius 3 is 2.78 bits per heavy atom. The number of carbonyl (C=O) groups excluding carboxylic acids is 1. The molecule has 0 aromatic heterocycles. The topological polar surface area (TPSA) is 50.8 Å². The second-order valence-electron chi connectivity index (χ2n) is 8.52. The van der Waals surface area contributed by atoms with Crippen LogP contribution in [-0.2, 0) is 9.47 Å². The van der Waals surface area contributed by atoms with Gasteiger partial charge in [-0.05, 0) is 49.9 Å². The Labute approximate surface area is 159 Å². The molecule has 4 saturated heterocycles. The normalized spacial score (nSPS) is 36.1. The molecule has 146 valence electrons. The lowest BCUT2D eigenvalue weighted by atomic mass is 9.73. The molecule has 6 heteroatoms. The highest BCUT2D eigenvalue weighted by atomic mass is 19.1. The molecule has 1 amide bonds. The van der Waals surface area contributed by atoms with E-state index in [4.69, 9.17) is 9.47 Å². The number of fused-ring (bicyclic) bond motifs is 1. The number of nitrogens with zero attached hydrogens (tertiary/aromatic N) is 1. The maximum Gasteiger partial charge on any atom is 0.251 e. The third-order valence-corrected chi connectivity index (χ3v) is 7.12. The van der Waals surface area contributed by atoms with Crippen molar-refractivity contribution in [3.05, 3.63) is 35.6 Å². The molecule has 1 N–H and O–H groups in total. The van der Waals surface area contributed by atoms with E-state index in [1.807, 2.05) is 0 Å². The molecule has 4 fully saturated rings. The number of ether oxygens (including phenoxy) is 2. The lowest BCUT2D eigenvalue weighted by Gasteiger charge is -2.32. The summed E-state index contributed by atoms with van der Waals surface area (Å²) < 4.78 is 25.1. The van der Waals surface area contributed by atoms with E-state index in [0.717, 1.165) is 52.0 Å². The van der Waals surface area contributed by atoms with Crippen LogP contribution in [0.2, 0.25) is 0 Å². The third-order valence-electron chi connectivity index (χ3n) is 7.12. The summed E-state index contributed by atoms with van der Waals surface area (Å²) in [6.45, 7) is 4.45. The highest BCUT2D eigenvalue weighted by Gasteiger charge is 2.63. The molecule has 2 bridgehead atoms. The summed E-state index contributed by atoms with van der Waals surface area (Å²) in [7, 11) is 0. The van der Waals surface area contributed by atoms with Crippen molar-refractivity contribution in [1.29, 1.82) is 0 Å². The van der Waals surface area contributed by atoms with Crippen LogP contribution in [0.15, 0.2) is 24.3 Å². The average Bonchev–Trinajstić information content (AvgIpc) is 3.36. The molecule has 0 saturated carbocycles.